The number of benzene rings is 1. The first kappa shape index (κ1) is 13.0. The molecule has 0 saturated heterocycles. The van der Waals surface area contributed by atoms with Gasteiger partial charge in [-0.3, -0.25) is 0 Å². The van der Waals surface area contributed by atoms with E-state index in [-0.39, 0.29) is 5.54 Å². The molecular formula is C12H16F3N. The maximum Gasteiger partial charge on any atom is 0.416 e. The zero-order valence-corrected chi connectivity index (χ0v) is 9.65. The average molecular weight is 231 g/mol. The van der Waals surface area contributed by atoms with Crippen LogP contribution in [0.5, 0.6) is 0 Å². The van der Waals surface area contributed by atoms with Gasteiger partial charge in [0.25, 0.3) is 0 Å². The predicted octanol–water partition coefficient (Wildman–Crippen LogP) is 3.59. The van der Waals surface area contributed by atoms with Crippen molar-refractivity contribution in [2.75, 3.05) is 0 Å². The first-order chi connectivity index (χ1) is 7.18. The maximum absolute atomic E-state index is 12.4. The fourth-order valence-electron chi connectivity index (χ4n) is 1.22. The van der Waals surface area contributed by atoms with Gasteiger partial charge in [0.15, 0.2) is 0 Å². The fraction of sp³-hybridized carbons (Fsp3) is 0.500. The lowest BCUT2D eigenvalue weighted by Crippen LogP contribution is -2.35. The van der Waals surface area contributed by atoms with Gasteiger partial charge in [-0.1, -0.05) is 18.2 Å². The lowest BCUT2D eigenvalue weighted by molar-refractivity contribution is -0.137. The average Bonchev–Trinajstić information content (AvgIpc) is 2.13. The van der Waals surface area contributed by atoms with E-state index in [0.717, 1.165) is 6.07 Å². The minimum absolute atomic E-state index is 0.103. The third-order valence-corrected chi connectivity index (χ3v) is 2.08. The molecule has 0 bridgehead atoms. The standard InChI is InChI=1S/C12H16F3N/c1-11(2,3)16-8-9-5-4-6-10(7-9)12(13,14)15/h4-7,16H,8H2,1-3H3. The molecule has 0 heterocycles. The molecule has 0 atom stereocenters. The third kappa shape index (κ3) is 4.23. The number of alkyl halides is 3. The molecule has 0 aliphatic heterocycles. The van der Waals surface area contributed by atoms with E-state index in [2.05, 4.69) is 5.32 Å². The van der Waals surface area contributed by atoms with Crippen LogP contribution in [0, 0.1) is 0 Å². The van der Waals surface area contributed by atoms with E-state index in [1.807, 2.05) is 20.8 Å². The number of nitrogens with one attached hydrogen (secondary N) is 1. The Morgan fingerprint density at radius 1 is 1.12 bits per heavy atom. The highest BCUT2D eigenvalue weighted by atomic mass is 19.4. The molecule has 1 N–H and O–H groups in total. The Kier molecular flexibility index (Phi) is 3.63. The van der Waals surface area contributed by atoms with Crippen molar-refractivity contribution < 1.29 is 13.2 Å². The molecule has 0 unspecified atom stereocenters. The van der Waals surface area contributed by atoms with Gasteiger partial charge in [0.05, 0.1) is 5.56 Å². The van der Waals surface area contributed by atoms with Crippen LogP contribution in [0.25, 0.3) is 0 Å². The summed E-state index contributed by atoms with van der Waals surface area (Å²) >= 11 is 0. The van der Waals surface area contributed by atoms with E-state index in [1.165, 1.54) is 12.1 Å². The van der Waals surface area contributed by atoms with Crippen LogP contribution in [0.3, 0.4) is 0 Å². The van der Waals surface area contributed by atoms with Gasteiger partial charge in [-0.2, -0.15) is 13.2 Å². The predicted molar refractivity (Wildman–Crippen MR) is 58.0 cm³/mol. The summed E-state index contributed by atoms with van der Waals surface area (Å²) in [6.45, 7) is 6.36. The summed E-state index contributed by atoms with van der Waals surface area (Å²) < 4.78 is 37.3. The van der Waals surface area contributed by atoms with Crippen molar-refractivity contribution in [1.29, 1.82) is 0 Å². The summed E-state index contributed by atoms with van der Waals surface area (Å²) in [5, 5.41) is 3.15. The molecule has 0 amide bonds. The summed E-state index contributed by atoms with van der Waals surface area (Å²) in [5.74, 6) is 0. The summed E-state index contributed by atoms with van der Waals surface area (Å²) in [5.41, 5.74) is -0.0562. The minimum Gasteiger partial charge on any atom is -0.308 e. The maximum atomic E-state index is 12.4. The van der Waals surface area contributed by atoms with E-state index in [0.29, 0.717) is 12.1 Å². The Labute approximate surface area is 93.7 Å². The lowest BCUT2D eigenvalue weighted by atomic mass is 10.1. The molecule has 90 valence electrons. The van der Waals surface area contributed by atoms with Crippen molar-refractivity contribution in [3.8, 4) is 0 Å². The second-order valence-electron chi connectivity index (χ2n) is 4.80. The van der Waals surface area contributed by atoms with Crippen LogP contribution in [0.2, 0.25) is 0 Å². The van der Waals surface area contributed by atoms with Gasteiger partial charge in [-0.25, -0.2) is 0 Å². The van der Waals surface area contributed by atoms with Crippen LogP contribution in [0.1, 0.15) is 31.9 Å². The zero-order valence-electron chi connectivity index (χ0n) is 9.65. The highest BCUT2D eigenvalue weighted by Gasteiger charge is 2.30. The smallest absolute Gasteiger partial charge is 0.308 e. The molecule has 1 rings (SSSR count). The van der Waals surface area contributed by atoms with Crippen LogP contribution in [-0.2, 0) is 12.7 Å². The molecule has 0 spiro atoms. The zero-order chi connectivity index (χ0) is 12.4. The van der Waals surface area contributed by atoms with E-state index < -0.39 is 11.7 Å². The van der Waals surface area contributed by atoms with Crippen LogP contribution in [-0.4, -0.2) is 5.54 Å². The van der Waals surface area contributed by atoms with Gasteiger partial charge >= 0.3 is 6.18 Å². The molecule has 0 aliphatic carbocycles. The first-order valence-electron chi connectivity index (χ1n) is 5.10. The topological polar surface area (TPSA) is 12.0 Å². The molecule has 0 aliphatic rings. The Hall–Kier alpha value is -1.03. The summed E-state index contributed by atoms with van der Waals surface area (Å²) in [6.07, 6.45) is -4.27. The van der Waals surface area contributed by atoms with Crippen molar-refractivity contribution in [1.82, 2.24) is 5.32 Å². The third-order valence-electron chi connectivity index (χ3n) is 2.08. The van der Waals surface area contributed by atoms with Gasteiger partial charge in [-0.05, 0) is 32.4 Å². The molecule has 1 nitrogen and oxygen atoms in total. The van der Waals surface area contributed by atoms with Crippen LogP contribution in [0.15, 0.2) is 24.3 Å². The second kappa shape index (κ2) is 4.45. The van der Waals surface area contributed by atoms with Crippen molar-refractivity contribution in [2.24, 2.45) is 0 Å². The normalized spacial score (nSPS) is 12.9. The molecular weight excluding hydrogens is 215 g/mol. The van der Waals surface area contributed by atoms with E-state index in [9.17, 15) is 13.2 Å². The van der Waals surface area contributed by atoms with Gasteiger partial charge in [0.1, 0.15) is 0 Å². The summed E-state index contributed by atoms with van der Waals surface area (Å²) in [7, 11) is 0. The van der Waals surface area contributed by atoms with Crippen LogP contribution in [0.4, 0.5) is 13.2 Å². The molecule has 1 aromatic rings. The van der Waals surface area contributed by atoms with E-state index in [4.69, 9.17) is 0 Å². The van der Waals surface area contributed by atoms with Crippen molar-refractivity contribution in [3.63, 3.8) is 0 Å². The highest BCUT2D eigenvalue weighted by Crippen LogP contribution is 2.29. The molecule has 1 aromatic carbocycles. The van der Waals surface area contributed by atoms with Gasteiger partial charge in [-0.15, -0.1) is 0 Å². The summed E-state index contributed by atoms with van der Waals surface area (Å²) in [6, 6.07) is 5.38. The summed E-state index contributed by atoms with van der Waals surface area (Å²) in [4.78, 5) is 0. The number of halogens is 3. The van der Waals surface area contributed by atoms with Crippen LogP contribution >= 0.6 is 0 Å². The number of rotatable bonds is 2. The van der Waals surface area contributed by atoms with E-state index >= 15 is 0 Å². The van der Waals surface area contributed by atoms with Gasteiger partial charge in [0, 0.05) is 12.1 Å². The fourth-order valence-corrected chi connectivity index (χ4v) is 1.22. The Balaban J connectivity index is 2.76. The van der Waals surface area contributed by atoms with Gasteiger partial charge in [0.2, 0.25) is 0 Å². The Bertz CT molecular complexity index is 350. The molecule has 0 saturated carbocycles. The van der Waals surface area contributed by atoms with Crippen molar-refractivity contribution in [2.45, 2.75) is 39.0 Å². The lowest BCUT2D eigenvalue weighted by Gasteiger charge is -2.20. The largest absolute Gasteiger partial charge is 0.416 e. The van der Waals surface area contributed by atoms with Crippen molar-refractivity contribution >= 4 is 0 Å². The number of hydrogen-bond acceptors (Lipinski definition) is 1. The highest BCUT2D eigenvalue weighted by molar-refractivity contribution is 5.25. The Morgan fingerprint density at radius 2 is 1.75 bits per heavy atom. The molecule has 0 radical (unpaired) electrons. The van der Waals surface area contributed by atoms with Crippen LogP contribution < -0.4 is 5.32 Å². The second-order valence-corrected chi connectivity index (χ2v) is 4.80. The SMILES string of the molecule is CC(C)(C)NCc1cccc(C(F)(F)F)c1. The molecule has 4 heteroatoms. The Morgan fingerprint density at radius 3 is 2.25 bits per heavy atom. The molecule has 0 fully saturated rings. The molecule has 0 aromatic heterocycles. The van der Waals surface area contributed by atoms with Gasteiger partial charge < -0.3 is 5.32 Å². The quantitative estimate of drug-likeness (QED) is 0.820. The van der Waals surface area contributed by atoms with Crippen molar-refractivity contribution in [3.05, 3.63) is 35.4 Å². The molecule has 16 heavy (non-hydrogen) atoms. The first-order valence-corrected chi connectivity index (χ1v) is 5.10. The minimum atomic E-state index is -4.27. The van der Waals surface area contributed by atoms with E-state index in [1.54, 1.807) is 6.07 Å². The monoisotopic (exact) mass is 231 g/mol. The number of hydrogen-bond donors (Lipinski definition) is 1.